The van der Waals surface area contributed by atoms with Crippen molar-refractivity contribution >= 4 is 21.9 Å². The lowest BCUT2D eigenvalue weighted by atomic mass is 9.97. The largest absolute Gasteiger partial charge is 0.506 e. The van der Waals surface area contributed by atoms with E-state index in [1.165, 1.54) is 6.20 Å². The summed E-state index contributed by atoms with van der Waals surface area (Å²) >= 11 is 0. The smallest absolute Gasteiger partial charge is 0.138 e. The minimum atomic E-state index is -0.298. The van der Waals surface area contributed by atoms with Crippen LogP contribution in [0.5, 0.6) is 5.75 Å². The van der Waals surface area contributed by atoms with E-state index >= 15 is 0 Å². The number of halogens is 1. The number of imidazole rings is 1. The van der Waals surface area contributed by atoms with E-state index in [4.69, 9.17) is 0 Å². The molecule has 0 amide bonds. The fraction of sp³-hybridized carbons (Fsp3) is 0.0833. The first kappa shape index (κ1) is 17.4. The normalized spacial score (nSPS) is 11.4. The van der Waals surface area contributed by atoms with Crippen molar-refractivity contribution in [1.29, 1.82) is 0 Å². The Morgan fingerprint density at radius 3 is 2.59 bits per heavy atom. The van der Waals surface area contributed by atoms with E-state index in [1.54, 1.807) is 18.5 Å². The number of benzene rings is 3. The van der Waals surface area contributed by atoms with Crippen LogP contribution in [0, 0.1) is 5.82 Å². The minimum Gasteiger partial charge on any atom is -0.506 e. The number of fused-ring (bicyclic) bond motifs is 2. The Labute approximate surface area is 166 Å². The van der Waals surface area contributed by atoms with Gasteiger partial charge in [0.1, 0.15) is 11.6 Å². The average Bonchev–Trinajstić information content (AvgIpc) is 3.11. The van der Waals surface area contributed by atoms with Gasteiger partial charge < -0.3 is 9.67 Å². The van der Waals surface area contributed by atoms with E-state index in [-0.39, 0.29) is 11.6 Å². The number of aromatic nitrogens is 3. The van der Waals surface area contributed by atoms with Crippen LogP contribution in [-0.4, -0.2) is 19.6 Å². The molecule has 2 heterocycles. The van der Waals surface area contributed by atoms with Crippen LogP contribution < -0.4 is 0 Å². The fourth-order valence-corrected chi connectivity index (χ4v) is 3.74. The summed E-state index contributed by atoms with van der Waals surface area (Å²) in [5, 5.41) is 11.1. The Morgan fingerprint density at radius 2 is 1.72 bits per heavy atom. The van der Waals surface area contributed by atoms with Gasteiger partial charge in [-0.15, -0.1) is 0 Å². The Hall–Kier alpha value is -3.73. The zero-order valence-electron chi connectivity index (χ0n) is 15.8. The van der Waals surface area contributed by atoms with Gasteiger partial charge in [-0.05, 0) is 41.0 Å². The Bertz CT molecular complexity index is 1370. The van der Waals surface area contributed by atoms with Gasteiger partial charge >= 0.3 is 0 Å². The molecule has 0 aliphatic rings. The molecule has 0 atom stereocenters. The van der Waals surface area contributed by atoms with Crippen molar-refractivity contribution in [2.75, 3.05) is 0 Å². The number of aromatic hydroxyl groups is 1. The predicted octanol–water partition coefficient (Wildman–Crippen LogP) is 5.22. The van der Waals surface area contributed by atoms with Crippen LogP contribution in [0.3, 0.4) is 0 Å². The van der Waals surface area contributed by atoms with Crippen LogP contribution in [-0.2, 0) is 13.5 Å². The first-order valence-corrected chi connectivity index (χ1v) is 9.35. The molecule has 0 aliphatic heterocycles. The van der Waals surface area contributed by atoms with Crippen LogP contribution in [0.2, 0.25) is 0 Å². The van der Waals surface area contributed by atoms with Crippen molar-refractivity contribution in [1.82, 2.24) is 14.5 Å². The fourth-order valence-electron chi connectivity index (χ4n) is 3.74. The second kappa shape index (κ2) is 6.71. The maximum absolute atomic E-state index is 15.0. The number of pyridine rings is 1. The van der Waals surface area contributed by atoms with Crippen molar-refractivity contribution in [3.8, 4) is 16.9 Å². The lowest BCUT2D eigenvalue weighted by Gasteiger charge is -2.11. The molecule has 2 aromatic heterocycles. The molecule has 0 radical (unpaired) electrons. The standard InChI is InChI=1S/C24H18FN3O/c1-28-14-27-22-9-8-16(12-23(22)28)15-6-7-17(20(25)11-15)10-19-18-4-2-3-5-21(18)26-13-24(19)29/h2-9,11-14,29H,10H2,1H3. The van der Waals surface area contributed by atoms with Gasteiger partial charge in [-0.25, -0.2) is 9.37 Å². The molecule has 0 saturated heterocycles. The van der Waals surface area contributed by atoms with Crippen molar-refractivity contribution in [3.05, 3.63) is 90.1 Å². The molecule has 5 rings (SSSR count). The molecule has 3 aromatic carbocycles. The zero-order valence-corrected chi connectivity index (χ0v) is 15.8. The van der Waals surface area contributed by atoms with E-state index in [2.05, 4.69) is 9.97 Å². The SMILES string of the molecule is Cn1cnc2ccc(-c3ccc(Cc4c(O)cnc5ccccc45)c(F)c3)cc21. The topological polar surface area (TPSA) is 50.9 Å². The average molecular weight is 383 g/mol. The number of nitrogens with zero attached hydrogens (tertiary/aromatic N) is 3. The molecular weight excluding hydrogens is 365 g/mol. The highest BCUT2D eigenvalue weighted by Gasteiger charge is 2.13. The summed E-state index contributed by atoms with van der Waals surface area (Å²) < 4.78 is 16.9. The lowest BCUT2D eigenvalue weighted by Crippen LogP contribution is -1.96. The van der Waals surface area contributed by atoms with Gasteiger partial charge in [-0.1, -0.05) is 36.4 Å². The van der Waals surface area contributed by atoms with Gasteiger partial charge in [0.25, 0.3) is 0 Å². The molecule has 0 saturated carbocycles. The Balaban J connectivity index is 1.53. The summed E-state index contributed by atoms with van der Waals surface area (Å²) in [7, 11) is 1.94. The molecule has 5 aromatic rings. The second-order valence-corrected chi connectivity index (χ2v) is 7.18. The number of para-hydroxylation sites is 1. The third-order valence-electron chi connectivity index (χ3n) is 5.34. The number of hydrogen-bond donors (Lipinski definition) is 1. The summed E-state index contributed by atoms with van der Waals surface area (Å²) in [5.41, 5.74) is 5.64. The molecule has 29 heavy (non-hydrogen) atoms. The Kier molecular flexibility index (Phi) is 4.02. The van der Waals surface area contributed by atoms with Crippen molar-refractivity contribution in [2.24, 2.45) is 7.05 Å². The zero-order chi connectivity index (χ0) is 20.0. The van der Waals surface area contributed by atoms with Crippen molar-refractivity contribution < 1.29 is 9.50 Å². The summed E-state index contributed by atoms with van der Waals surface area (Å²) in [6, 6.07) is 18.7. The lowest BCUT2D eigenvalue weighted by molar-refractivity contribution is 0.468. The third kappa shape index (κ3) is 3.01. The molecule has 5 heteroatoms. The number of aryl methyl sites for hydroxylation is 1. The quantitative estimate of drug-likeness (QED) is 0.464. The van der Waals surface area contributed by atoms with E-state index < -0.39 is 0 Å². The monoisotopic (exact) mass is 383 g/mol. The highest BCUT2D eigenvalue weighted by molar-refractivity contribution is 5.84. The first-order valence-electron chi connectivity index (χ1n) is 9.35. The molecule has 0 spiro atoms. The molecule has 0 fully saturated rings. The highest BCUT2D eigenvalue weighted by Crippen LogP contribution is 2.30. The molecule has 1 N–H and O–H groups in total. The van der Waals surface area contributed by atoms with E-state index in [1.807, 2.05) is 60.1 Å². The van der Waals surface area contributed by atoms with E-state index in [0.717, 1.165) is 33.1 Å². The van der Waals surface area contributed by atoms with Crippen molar-refractivity contribution in [3.63, 3.8) is 0 Å². The first-order chi connectivity index (χ1) is 14.1. The molecule has 0 bridgehead atoms. The highest BCUT2D eigenvalue weighted by atomic mass is 19.1. The van der Waals surface area contributed by atoms with Gasteiger partial charge in [0, 0.05) is 24.4 Å². The molecule has 0 aliphatic carbocycles. The van der Waals surface area contributed by atoms with Gasteiger partial charge in [0.05, 0.1) is 29.1 Å². The van der Waals surface area contributed by atoms with Crippen LogP contribution in [0.4, 0.5) is 4.39 Å². The minimum absolute atomic E-state index is 0.0776. The second-order valence-electron chi connectivity index (χ2n) is 7.18. The molecular formula is C24H18FN3O. The molecule has 4 nitrogen and oxygen atoms in total. The number of rotatable bonds is 3. The van der Waals surface area contributed by atoms with E-state index in [9.17, 15) is 9.50 Å². The molecule has 0 unspecified atom stereocenters. The van der Waals surface area contributed by atoms with Crippen LogP contribution in [0.15, 0.2) is 73.2 Å². The van der Waals surface area contributed by atoms with Gasteiger partial charge in [0.15, 0.2) is 0 Å². The summed E-state index contributed by atoms with van der Waals surface area (Å²) in [6.45, 7) is 0. The third-order valence-corrected chi connectivity index (χ3v) is 5.34. The summed E-state index contributed by atoms with van der Waals surface area (Å²) in [4.78, 5) is 8.56. The Morgan fingerprint density at radius 1 is 0.931 bits per heavy atom. The van der Waals surface area contributed by atoms with Crippen LogP contribution in [0.1, 0.15) is 11.1 Å². The van der Waals surface area contributed by atoms with Crippen molar-refractivity contribution in [2.45, 2.75) is 6.42 Å². The van der Waals surface area contributed by atoms with Crippen LogP contribution in [0.25, 0.3) is 33.1 Å². The van der Waals surface area contributed by atoms with Gasteiger partial charge in [-0.2, -0.15) is 0 Å². The van der Waals surface area contributed by atoms with Gasteiger partial charge in [0.2, 0.25) is 0 Å². The summed E-state index contributed by atoms with van der Waals surface area (Å²) in [5.74, 6) is -0.221. The predicted molar refractivity (Wildman–Crippen MR) is 112 cm³/mol. The van der Waals surface area contributed by atoms with Crippen LogP contribution >= 0.6 is 0 Å². The van der Waals surface area contributed by atoms with E-state index in [0.29, 0.717) is 17.5 Å². The maximum atomic E-state index is 15.0. The number of hydrogen-bond acceptors (Lipinski definition) is 3. The molecule has 142 valence electrons. The maximum Gasteiger partial charge on any atom is 0.138 e. The summed E-state index contributed by atoms with van der Waals surface area (Å²) in [6.07, 6.45) is 3.48. The van der Waals surface area contributed by atoms with Gasteiger partial charge in [-0.3, -0.25) is 4.98 Å².